The third-order valence-corrected chi connectivity index (χ3v) is 2.40. The molecular weight excluding hydrogens is 236 g/mol. The van der Waals surface area contributed by atoms with Crippen molar-refractivity contribution in [3.05, 3.63) is 34.5 Å². The molecule has 1 atom stereocenters. The van der Waals surface area contributed by atoms with Crippen molar-refractivity contribution in [3.63, 3.8) is 0 Å². The van der Waals surface area contributed by atoms with Gasteiger partial charge in [-0.1, -0.05) is 5.16 Å². The minimum atomic E-state index is -0.836. The molecule has 0 aliphatic carbocycles. The Bertz CT molecular complexity index is 588. The number of hydrogen-bond donors (Lipinski definition) is 2. The van der Waals surface area contributed by atoms with Crippen molar-refractivity contribution in [2.75, 3.05) is 13.7 Å². The molecule has 0 aliphatic rings. The van der Waals surface area contributed by atoms with E-state index < -0.39 is 5.54 Å². The van der Waals surface area contributed by atoms with E-state index in [-0.39, 0.29) is 18.1 Å². The number of hydrogen-bond acceptors (Lipinski definition) is 6. The van der Waals surface area contributed by atoms with Crippen LogP contribution in [0.15, 0.2) is 27.6 Å². The Kier molecular flexibility index (Phi) is 3.26. The van der Waals surface area contributed by atoms with Crippen LogP contribution in [0.3, 0.4) is 0 Å². The SMILES string of the molecule is COCC(C)(N)c1noc(-c2cc[nH]c(=O)c2)n1. The van der Waals surface area contributed by atoms with Crippen LogP contribution in [0, 0.1) is 0 Å². The van der Waals surface area contributed by atoms with Crippen molar-refractivity contribution < 1.29 is 9.26 Å². The van der Waals surface area contributed by atoms with E-state index in [0.717, 1.165) is 0 Å². The molecule has 0 bridgehead atoms. The highest BCUT2D eigenvalue weighted by molar-refractivity contribution is 5.51. The minimum absolute atomic E-state index is 0.236. The van der Waals surface area contributed by atoms with Crippen molar-refractivity contribution >= 4 is 0 Å². The molecule has 1 unspecified atom stereocenters. The van der Waals surface area contributed by atoms with Crippen molar-refractivity contribution in [1.29, 1.82) is 0 Å². The summed E-state index contributed by atoms with van der Waals surface area (Å²) in [6.07, 6.45) is 1.51. The van der Waals surface area contributed by atoms with E-state index in [0.29, 0.717) is 11.4 Å². The molecular formula is C11H14N4O3. The largest absolute Gasteiger partial charge is 0.382 e. The Hall–Kier alpha value is -1.99. The average molecular weight is 250 g/mol. The molecule has 18 heavy (non-hydrogen) atoms. The van der Waals surface area contributed by atoms with Crippen LogP contribution >= 0.6 is 0 Å². The van der Waals surface area contributed by atoms with Crippen molar-refractivity contribution in [2.24, 2.45) is 5.73 Å². The Balaban J connectivity index is 2.34. The van der Waals surface area contributed by atoms with Gasteiger partial charge in [-0.2, -0.15) is 4.98 Å². The number of ether oxygens (including phenoxy) is 1. The molecule has 0 fully saturated rings. The van der Waals surface area contributed by atoms with Gasteiger partial charge in [-0.25, -0.2) is 0 Å². The lowest BCUT2D eigenvalue weighted by Gasteiger charge is -2.18. The van der Waals surface area contributed by atoms with Crippen LogP contribution in [0.5, 0.6) is 0 Å². The number of H-pyrrole nitrogens is 1. The molecule has 0 radical (unpaired) electrons. The highest BCUT2D eigenvalue weighted by atomic mass is 16.5. The molecule has 2 rings (SSSR count). The Morgan fingerprint density at radius 3 is 3.06 bits per heavy atom. The molecule has 2 aromatic heterocycles. The summed E-state index contributed by atoms with van der Waals surface area (Å²) in [7, 11) is 1.54. The summed E-state index contributed by atoms with van der Waals surface area (Å²) in [5.41, 5.74) is 5.47. The lowest BCUT2D eigenvalue weighted by atomic mass is 10.1. The van der Waals surface area contributed by atoms with Crippen LogP contribution in [0.1, 0.15) is 12.7 Å². The van der Waals surface area contributed by atoms with Gasteiger partial charge >= 0.3 is 0 Å². The van der Waals surface area contributed by atoms with Gasteiger partial charge in [0, 0.05) is 24.9 Å². The Morgan fingerprint density at radius 1 is 1.61 bits per heavy atom. The van der Waals surface area contributed by atoms with E-state index in [1.165, 1.54) is 12.3 Å². The van der Waals surface area contributed by atoms with E-state index in [1.54, 1.807) is 20.1 Å². The molecule has 0 aromatic carbocycles. The maximum absolute atomic E-state index is 11.2. The van der Waals surface area contributed by atoms with Gasteiger partial charge in [0.2, 0.25) is 5.56 Å². The van der Waals surface area contributed by atoms with Crippen LogP contribution in [-0.2, 0) is 10.3 Å². The topological polar surface area (TPSA) is 107 Å². The van der Waals surface area contributed by atoms with Gasteiger partial charge in [0.25, 0.3) is 5.89 Å². The zero-order valence-corrected chi connectivity index (χ0v) is 10.1. The summed E-state index contributed by atoms with van der Waals surface area (Å²) in [6, 6.07) is 3.05. The molecule has 0 spiro atoms. The second-order valence-electron chi connectivity index (χ2n) is 4.22. The molecule has 7 nitrogen and oxygen atoms in total. The molecule has 0 amide bonds. The highest BCUT2D eigenvalue weighted by Gasteiger charge is 2.27. The first-order chi connectivity index (χ1) is 8.53. The van der Waals surface area contributed by atoms with Crippen molar-refractivity contribution in [3.8, 4) is 11.5 Å². The van der Waals surface area contributed by atoms with Crippen LogP contribution in [0.2, 0.25) is 0 Å². The maximum Gasteiger partial charge on any atom is 0.258 e. The standard InChI is InChI=1S/C11H14N4O3/c1-11(12,6-17-2)10-14-9(18-15-10)7-3-4-13-8(16)5-7/h3-5H,6,12H2,1-2H3,(H,13,16). The normalized spacial score (nSPS) is 14.4. The smallest absolute Gasteiger partial charge is 0.258 e. The first kappa shape index (κ1) is 12.5. The molecule has 96 valence electrons. The number of methoxy groups -OCH3 is 1. The predicted octanol–water partition coefficient (Wildman–Crippen LogP) is 0.245. The number of rotatable bonds is 4. The summed E-state index contributed by atoms with van der Waals surface area (Å²) in [5.74, 6) is 0.587. The lowest BCUT2D eigenvalue weighted by molar-refractivity contribution is 0.135. The summed E-state index contributed by atoms with van der Waals surface area (Å²) >= 11 is 0. The quantitative estimate of drug-likeness (QED) is 0.805. The van der Waals surface area contributed by atoms with Gasteiger partial charge in [0.15, 0.2) is 5.82 Å². The number of aromatic amines is 1. The van der Waals surface area contributed by atoms with E-state index in [2.05, 4.69) is 15.1 Å². The third kappa shape index (κ3) is 2.47. The number of nitrogens with two attached hydrogens (primary N) is 1. The molecule has 3 N–H and O–H groups in total. The van der Waals surface area contributed by atoms with Gasteiger partial charge in [-0.3, -0.25) is 4.79 Å². The van der Waals surface area contributed by atoms with Gasteiger partial charge in [0.1, 0.15) is 5.54 Å². The molecule has 2 aromatic rings. The molecule has 0 saturated heterocycles. The maximum atomic E-state index is 11.2. The molecule has 7 heteroatoms. The average Bonchev–Trinajstić information content (AvgIpc) is 2.78. The second-order valence-corrected chi connectivity index (χ2v) is 4.22. The van der Waals surface area contributed by atoms with Gasteiger partial charge < -0.3 is 20.0 Å². The molecule has 0 saturated carbocycles. The third-order valence-electron chi connectivity index (χ3n) is 2.40. The van der Waals surface area contributed by atoms with E-state index in [1.807, 2.05) is 0 Å². The number of nitrogens with one attached hydrogen (secondary N) is 1. The zero-order chi connectivity index (χ0) is 13.2. The van der Waals surface area contributed by atoms with Crippen LogP contribution in [0.4, 0.5) is 0 Å². The van der Waals surface area contributed by atoms with E-state index in [4.69, 9.17) is 15.0 Å². The summed E-state index contributed by atoms with van der Waals surface area (Å²) in [4.78, 5) is 17.9. The molecule has 2 heterocycles. The van der Waals surface area contributed by atoms with Crippen LogP contribution in [0.25, 0.3) is 11.5 Å². The fraction of sp³-hybridized carbons (Fsp3) is 0.364. The monoisotopic (exact) mass is 250 g/mol. The fourth-order valence-corrected chi connectivity index (χ4v) is 1.51. The van der Waals surface area contributed by atoms with Crippen LogP contribution in [-0.4, -0.2) is 28.8 Å². The number of pyridine rings is 1. The predicted molar refractivity (Wildman–Crippen MR) is 63.8 cm³/mol. The minimum Gasteiger partial charge on any atom is -0.382 e. The van der Waals surface area contributed by atoms with Gasteiger partial charge in [-0.05, 0) is 13.0 Å². The fourth-order valence-electron chi connectivity index (χ4n) is 1.51. The molecule has 0 aliphatic heterocycles. The Morgan fingerprint density at radius 2 is 2.39 bits per heavy atom. The zero-order valence-electron chi connectivity index (χ0n) is 10.1. The van der Waals surface area contributed by atoms with Crippen LogP contribution < -0.4 is 11.3 Å². The summed E-state index contributed by atoms with van der Waals surface area (Å²) < 4.78 is 10.1. The number of aromatic nitrogens is 3. The number of nitrogens with zero attached hydrogens (tertiary/aromatic N) is 2. The summed E-state index contributed by atoms with van der Waals surface area (Å²) in [5, 5.41) is 3.81. The summed E-state index contributed by atoms with van der Waals surface area (Å²) in [6.45, 7) is 2.00. The lowest BCUT2D eigenvalue weighted by Crippen LogP contribution is -2.38. The highest BCUT2D eigenvalue weighted by Crippen LogP contribution is 2.19. The van der Waals surface area contributed by atoms with Gasteiger partial charge in [-0.15, -0.1) is 0 Å². The van der Waals surface area contributed by atoms with E-state index >= 15 is 0 Å². The second kappa shape index (κ2) is 4.71. The van der Waals surface area contributed by atoms with Gasteiger partial charge in [0.05, 0.1) is 6.61 Å². The van der Waals surface area contributed by atoms with E-state index in [9.17, 15) is 4.79 Å². The first-order valence-electron chi connectivity index (χ1n) is 5.34. The first-order valence-corrected chi connectivity index (χ1v) is 5.34. The van der Waals surface area contributed by atoms with Crippen molar-refractivity contribution in [1.82, 2.24) is 15.1 Å². The Labute approximate surface area is 103 Å². The van der Waals surface area contributed by atoms with Crippen molar-refractivity contribution in [2.45, 2.75) is 12.5 Å².